The number of rotatable bonds is 6. The molecule has 0 radical (unpaired) electrons. The topological polar surface area (TPSA) is 96.4 Å². The van der Waals surface area contributed by atoms with Gasteiger partial charge in [-0.05, 0) is 56.4 Å². The highest BCUT2D eigenvalue weighted by Crippen LogP contribution is 2.48. The normalized spacial score (nSPS) is 26.7. The van der Waals surface area contributed by atoms with Crippen LogP contribution >= 0.6 is 11.6 Å². The Morgan fingerprint density at radius 3 is 2.47 bits per heavy atom. The summed E-state index contributed by atoms with van der Waals surface area (Å²) in [4.78, 5) is 14.6. The Bertz CT molecular complexity index is 911. The molecule has 1 aromatic rings. The maximum absolute atomic E-state index is 13.7. The number of likely N-dealkylation sites (tertiary alicyclic amines) is 1. The Morgan fingerprint density at radius 2 is 1.88 bits per heavy atom. The summed E-state index contributed by atoms with van der Waals surface area (Å²) in [6.45, 7) is 3.36. The van der Waals surface area contributed by atoms with Crippen LogP contribution in [0.2, 0.25) is 5.02 Å². The molecule has 3 fully saturated rings. The summed E-state index contributed by atoms with van der Waals surface area (Å²) >= 11 is 5.97. The van der Waals surface area contributed by atoms with Gasteiger partial charge in [0.15, 0.2) is 0 Å². The van der Waals surface area contributed by atoms with Crippen LogP contribution in [0.25, 0.3) is 0 Å². The van der Waals surface area contributed by atoms with Gasteiger partial charge in [0.05, 0.1) is 30.3 Å². The number of sulfonamides is 1. The quantitative estimate of drug-likeness (QED) is 0.664. The highest BCUT2D eigenvalue weighted by atomic mass is 35.5. The number of halogens is 1. The molecule has 2 aliphatic heterocycles. The van der Waals surface area contributed by atoms with E-state index in [9.17, 15) is 18.3 Å². The molecule has 1 aromatic carbocycles. The van der Waals surface area contributed by atoms with Crippen molar-refractivity contribution in [3.8, 4) is 0 Å². The second kappa shape index (κ2) is 9.46. The molecule has 2 heterocycles. The molecule has 10 heteroatoms. The number of morpholine rings is 1. The molecule has 2 saturated heterocycles. The molecule has 1 amide bonds. The lowest BCUT2D eigenvalue weighted by atomic mass is 10.0. The van der Waals surface area contributed by atoms with Crippen LogP contribution in [-0.4, -0.2) is 78.9 Å². The first-order chi connectivity index (χ1) is 15.3. The summed E-state index contributed by atoms with van der Waals surface area (Å²) in [5.41, 5.74) is -0.890. The lowest BCUT2D eigenvalue weighted by Gasteiger charge is -2.44. The first-order valence-electron chi connectivity index (χ1n) is 11.3. The smallest absolute Gasteiger partial charge is 0.410 e. The van der Waals surface area contributed by atoms with Crippen LogP contribution < -0.4 is 0 Å². The molecule has 2 unspecified atom stereocenters. The Balaban J connectivity index is 1.60. The summed E-state index contributed by atoms with van der Waals surface area (Å²) in [5, 5.41) is 10.2. The number of carbonyl (C=O) groups is 1. The van der Waals surface area contributed by atoms with Crippen molar-refractivity contribution in [2.75, 3.05) is 26.3 Å². The third kappa shape index (κ3) is 4.77. The first-order valence-corrected chi connectivity index (χ1v) is 13.1. The Labute approximate surface area is 194 Å². The minimum absolute atomic E-state index is 0.169. The van der Waals surface area contributed by atoms with Crippen LogP contribution in [-0.2, 0) is 19.5 Å². The van der Waals surface area contributed by atoms with Crippen molar-refractivity contribution < 1.29 is 27.8 Å². The zero-order chi connectivity index (χ0) is 22.9. The molecular formula is C22H31ClN2O6S. The lowest BCUT2D eigenvalue weighted by molar-refractivity contribution is -0.0742. The second-order valence-electron chi connectivity index (χ2n) is 8.94. The largest absolute Gasteiger partial charge is 0.441 e. The van der Waals surface area contributed by atoms with Crippen molar-refractivity contribution in [3.63, 3.8) is 0 Å². The Hall–Kier alpha value is -1.39. The number of hydrogen-bond donors (Lipinski definition) is 1. The van der Waals surface area contributed by atoms with E-state index >= 15 is 0 Å². The molecule has 4 rings (SSSR count). The van der Waals surface area contributed by atoms with E-state index in [-0.39, 0.29) is 17.5 Å². The van der Waals surface area contributed by atoms with E-state index in [1.807, 2.05) is 6.92 Å². The van der Waals surface area contributed by atoms with Gasteiger partial charge in [0.2, 0.25) is 10.0 Å². The zero-order valence-electron chi connectivity index (χ0n) is 18.3. The number of piperidine rings is 1. The molecule has 1 N–H and O–H groups in total. The van der Waals surface area contributed by atoms with Crippen molar-refractivity contribution in [1.29, 1.82) is 0 Å². The first kappa shape index (κ1) is 23.8. The summed E-state index contributed by atoms with van der Waals surface area (Å²) in [6, 6.07) is 5.23. The number of aliphatic hydroxyl groups excluding tert-OH is 1. The fourth-order valence-corrected chi connectivity index (χ4v) is 6.65. The minimum atomic E-state index is -3.85. The van der Waals surface area contributed by atoms with Crippen molar-refractivity contribution in [2.45, 2.75) is 74.1 Å². The lowest BCUT2D eigenvalue weighted by Crippen LogP contribution is -2.61. The number of aliphatic hydroxyl groups is 1. The second-order valence-corrected chi connectivity index (χ2v) is 11.2. The summed E-state index contributed by atoms with van der Waals surface area (Å²) in [5.74, 6) is 0. The van der Waals surface area contributed by atoms with E-state index < -0.39 is 33.9 Å². The van der Waals surface area contributed by atoms with Gasteiger partial charge >= 0.3 is 6.09 Å². The third-order valence-corrected chi connectivity index (χ3v) is 8.85. The van der Waals surface area contributed by atoms with E-state index in [4.69, 9.17) is 21.1 Å². The van der Waals surface area contributed by atoms with Gasteiger partial charge < -0.3 is 19.5 Å². The number of amides is 1. The SMILES string of the molecule is CCCC1COCC(C2(OC(=O)N3CCC(O)CC3)CC2)N1S(=O)(=O)c1ccc(Cl)cc1. The third-order valence-electron chi connectivity index (χ3n) is 6.63. The van der Waals surface area contributed by atoms with Crippen LogP contribution in [0.15, 0.2) is 29.2 Å². The van der Waals surface area contributed by atoms with Gasteiger partial charge in [-0.3, -0.25) is 0 Å². The van der Waals surface area contributed by atoms with Crippen LogP contribution in [0.5, 0.6) is 0 Å². The van der Waals surface area contributed by atoms with Crippen LogP contribution in [0.4, 0.5) is 4.79 Å². The van der Waals surface area contributed by atoms with E-state index in [0.717, 1.165) is 6.42 Å². The molecule has 3 aliphatic rings. The fraction of sp³-hybridized carbons (Fsp3) is 0.682. The maximum Gasteiger partial charge on any atom is 0.410 e. The van der Waals surface area contributed by atoms with Gasteiger partial charge in [-0.2, -0.15) is 4.31 Å². The molecule has 1 saturated carbocycles. The van der Waals surface area contributed by atoms with E-state index in [0.29, 0.717) is 56.8 Å². The van der Waals surface area contributed by atoms with E-state index in [1.54, 1.807) is 17.0 Å². The predicted octanol–water partition coefficient (Wildman–Crippen LogP) is 3.02. The number of ether oxygens (including phenoxy) is 2. The summed E-state index contributed by atoms with van der Waals surface area (Å²) in [6.07, 6.45) is 2.83. The van der Waals surface area contributed by atoms with Gasteiger partial charge in [-0.1, -0.05) is 24.9 Å². The van der Waals surface area contributed by atoms with Crippen LogP contribution in [0, 0.1) is 0 Å². The monoisotopic (exact) mass is 486 g/mol. The van der Waals surface area contributed by atoms with Crippen molar-refractivity contribution in [1.82, 2.24) is 9.21 Å². The molecular weight excluding hydrogens is 456 g/mol. The average Bonchev–Trinajstić information content (AvgIpc) is 3.55. The van der Waals surface area contributed by atoms with E-state index in [2.05, 4.69) is 0 Å². The zero-order valence-corrected chi connectivity index (χ0v) is 19.9. The summed E-state index contributed by atoms with van der Waals surface area (Å²) in [7, 11) is -3.85. The standard InChI is InChI=1S/C22H31ClN2O6S/c1-2-3-17-14-30-15-20(25(17)32(28,29)19-6-4-16(23)5-7-19)22(10-11-22)31-21(27)24-12-8-18(26)9-13-24/h4-7,17-18,20,26H,2-3,8-15H2,1H3. The Kier molecular flexibility index (Phi) is 7.03. The summed E-state index contributed by atoms with van der Waals surface area (Å²) < 4.78 is 40.8. The van der Waals surface area contributed by atoms with Gasteiger partial charge in [0.25, 0.3) is 0 Å². The number of hydrogen-bond acceptors (Lipinski definition) is 6. The van der Waals surface area contributed by atoms with Gasteiger partial charge in [-0.15, -0.1) is 0 Å². The highest BCUT2D eigenvalue weighted by Gasteiger charge is 2.60. The molecule has 0 aromatic heterocycles. The minimum Gasteiger partial charge on any atom is -0.441 e. The van der Waals surface area contributed by atoms with Crippen molar-refractivity contribution in [2.24, 2.45) is 0 Å². The highest BCUT2D eigenvalue weighted by molar-refractivity contribution is 7.89. The van der Waals surface area contributed by atoms with Gasteiger partial charge in [0, 0.05) is 24.2 Å². The number of benzene rings is 1. The van der Waals surface area contributed by atoms with Gasteiger partial charge in [0.1, 0.15) is 5.60 Å². The maximum atomic E-state index is 13.7. The molecule has 0 bridgehead atoms. The molecule has 0 spiro atoms. The number of carbonyl (C=O) groups excluding carboxylic acids is 1. The fourth-order valence-electron chi connectivity index (χ4n) is 4.65. The molecule has 2 atom stereocenters. The van der Waals surface area contributed by atoms with Crippen LogP contribution in [0.3, 0.4) is 0 Å². The predicted molar refractivity (Wildman–Crippen MR) is 119 cm³/mol. The number of nitrogens with zero attached hydrogens (tertiary/aromatic N) is 2. The Morgan fingerprint density at radius 1 is 1.22 bits per heavy atom. The van der Waals surface area contributed by atoms with Crippen LogP contribution in [0.1, 0.15) is 45.4 Å². The molecule has 178 valence electrons. The van der Waals surface area contributed by atoms with Crippen molar-refractivity contribution in [3.05, 3.63) is 29.3 Å². The molecule has 1 aliphatic carbocycles. The van der Waals surface area contributed by atoms with Gasteiger partial charge in [-0.25, -0.2) is 13.2 Å². The van der Waals surface area contributed by atoms with E-state index in [1.165, 1.54) is 16.4 Å². The average molecular weight is 487 g/mol. The molecule has 32 heavy (non-hydrogen) atoms. The molecule has 8 nitrogen and oxygen atoms in total. The van der Waals surface area contributed by atoms with Crippen molar-refractivity contribution >= 4 is 27.7 Å².